The molecular formula is C14H22N2O. The summed E-state index contributed by atoms with van der Waals surface area (Å²) in [5, 5.41) is 10.0. The van der Waals surface area contributed by atoms with Crippen molar-refractivity contribution in [2.45, 2.75) is 38.6 Å². The summed E-state index contributed by atoms with van der Waals surface area (Å²) in [6.45, 7) is 6.12. The molecule has 1 aliphatic rings. The van der Waals surface area contributed by atoms with Crippen molar-refractivity contribution in [2.75, 3.05) is 18.0 Å². The molecule has 3 heteroatoms. The van der Waals surface area contributed by atoms with Crippen LogP contribution in [0.2, 0.25) is 0 Å². The molecular weight excluding hydrogens is 212 g/mol. The average Bonchev–Trinajstić information content (AvgIpc) is 2.67. The molecule has 0 saturated heterocycles. The first kappa shape index (κ1) is 12.2. The molecule has 0 spiro atoms. The highest BCUT2D eigenvalue weighted by Gasteiger charge is 2.31. The van der Waals surface area contributed by atoms with E-state index >= 15 is 0 Å². The fraction of sp³-hybridized carbons (Fsp3) is 0.571. The van der Waals surface area contributed by atoms with Gasteiger partial charge in [-0.05, 0) is 45.4 Å². The zero-order chi connectivity index (χ0) is 12.4. The number of hydrogen-bond acceptors (Lipinski definition) is 3. The van der Waals surface area contributed by atoms with Gasteiger partial charge in [-0.25, -0.2) is 0 Å². The summed E-state index contributed by atoms with van der Waals surface area (Å²) in [4.78, 5) is 2.37. The van der Waals surface area contributed by atoms with E-state index in [0.717, 1.165) is 31.5 Å². The largest absolute Gasteiger partial charge is 0.508 e. The Morgan fingerprint density at radius 3 is 2.88 bits per heavy atom. The van der Waals surface area contributed by atoms with E-state index in [0.29, 0.717) is 17.7 Å². The molecule has 2 rings (SSSR count). The van der Waals surface area contributed by atoms with Crippen LogP contribution < -0.4 is 10.6 Å². The van der Waals surface area contributed by atoms with Crippen LogP contribution in [0.5, 0.6) is 5.75 Å². The van der Waals surface area contributed by atoms with Crippen molar-refractivity contribution in [1.29, 1.82) is 0 Å². The van der Waals surface area contributed by atoms with Crippen LogP contribution in [-0.4, -0.2) is 24.2 Å². The van der Waals surface area contributed by atoms with Gasteiger partial charge < -0.3 is 15.7 Å². The Labute approximate surface area is 103 Å². The molecule has 3 N–H and O–H groups in total. The third-order valence-corrected chi connectivity index (χ3v) is 3.57. The van der Waals surface area contributed by atoms with E-state index in [2.05, 4.69) is 24.8 Å². The molecule has 1 aromatic rings. The van der Waals surface area contributed by atoms with Crippen LogP contribution in [0.15, 0.2) is 18.2 Å². The Balaban J connectivity index is 2.31. The van der Waals surface area contributed by atoms with Crippen molar-refractivity contribution < 1.29 is 5.11 Å². The molecule has 17 heavy (non-hydrogen) atoms. The van der Waals surface area contributed by atoms with Crippen molar-refractivity contribution in [3.63, 3.8) is 0 Å². The molecule has 1 heterocycles. The highest BCUT2D eigenvalue weighted by molar-refractivity contribution is 5.65. The fourth-order valence-corrected chi connectivity index (χ4v) is 2.73. The lowest BCUT2D eigenvalue weighted by Crippen LogP contribution is -2.29. The van der Waals surface area contributed by atoms with Crippen molar-refractivity contribution in [1.82, 2.24) is 0 Å². The number of anilines is 1. The fourth-order valence-electron chi connectivity index (χ4n) is 2.73. The summed E-state index contributed by atoms with van der Waals surface area (Å²) in [6, 6.07) is 6.29. The second-order valence-electron chi connectivity index (χ2n) is 5.08. The molecule has 0 fully saturated rings. The summed E-state index contributed by atoms with van der Waals surface area (Å²) in [5.74, 6) is 0.866. The molecule has 0 amide bonds. The molecule has 1 aromatic carbocycles. The van der Waals surface area contributed by atoms with Crippen molar-refractivity contribution in [3.05, 3.63) is 23.8 Å². The molecule has 0 radical (unpaired) electrons. The van der Waals surface area contributed by atoms with E-state index in [1.165, 1.54) is 5.69 Å². The van der Waals surface area contributed by atoms with Gasteiger partial charge in [0.15, 0.2) is 0 Å². The van der Waals surface area contributed by atoms with Gasteiger partial charge in [-0.1, -0.05) is 6.07 Å². The van der Waals surface area contributed by atoms with Crippen molar-refractivity contribution in [3.8, 4) is 5.75 Å². The van der Waals surface area contributed by atoms with Gasteiger partial charge in [-0.2, -0.15) is 0 Å². The smallest absolute Gasteiger partial charge is 0.121 e. The SMILES string of the molecule is CC(C)N1CC(CCCN)c2c(O)cccc21. The maximum atomic E-state index is 10.0. The zero-order valence-electron chi connectivity index (χ0n) is 10.7. The highest BCUT2D eigenvalue weighted by Crippen LogP contribution is 2.44. The van der Waals surface area contributed by atoms with Crippen molar-refractivity contribution in [2.24, 2.45) is 5.73 Å². The highest BCUT2D eigenvalue weighted by atomic mass is 16.3. The van der Waals surface area contributed by atoms with Gasteiger partial charge in [-0.3, -0.25) is 0 Å². The minimum atomic E-state index is 0.428. The van der Waals surface area contributed by atoms with E-state index in [1.807, 2.05) is 6.07 Å². The molecule has 94 valence electrons. The first-order valence-corrected chi connectivity index (χ1v) is 6.43. The van der Waals surface area contributed by atoms with E-state index in [9.17, 15) is 5.11 Å². The lowest BCUT2D eigenvalue weighted by atomic mass is 9.95. The molecule has 0 bridgehead atoms. The third kappa shape index (κ3) is 2.25. The lowest BCUT2D eigenvalue weighted by molar-refractivity contribution is 0.461. The molecule has 3 nitrogen and oxygen atoms in total. The number of hydrogen-bond donors (Lipinski definition) is 2. The molecule has 0 aromatic heterocycles. The molecule has 1 aliphatic heterocycles. The van der Waals surface area contributed by atoms with Gasteiger partial charge >= 0.3 is 0 Å². The Morgan fingerprint density at radius 1 is 1.47 bits per heavy atom. The van der Waals surface area contributed by atoms with Gasteiger partial charge in [0.25, 0.3) is 0 Å². The van der Waals surface area contributed by atoms with Crippen molar-refractivity contribution >= 4 is 5.69 Å². The number of fused-ring (bicyclic) bond motifs is 1. The second-order valence-corrected chi connectivity index (χ2v) is 5.08. The minimum Gasteiger partial charge on any atom is -0.508 e. The monoisotopic (exact) mass is 234 g/mol. The predicted octanol–water partition coefficient (Wildman–Crippen LogP) is 2.44. The third-order valence-electron chi connectivity index (χ3n) is 3.57. The number of phenols is 1. The molecule has 1 atom stereocenters. The van der Waals surface area contributed by atoms with Gasteiger partial charge in [0.2, 0.25) is 0 Å². The average molecular weight is 234 g/mol. The Hall–Kier alpha value is -1.22. The lowest BCUT2D eigenvalue weighted by Gasteiger charge is -2.24. The first-order chi connectivity index (χ1) is 8.15. The van der Waals surface area contributed by atoms with Gasteiger partial charge in [0.1, 0.15) is 5.75 Å². The van der Waals surface area contributed by atoms with Crippen LogP contribution in [0.25, 0.3) is 0 Å². The Morgan fingerprint density at radius 2 is 2.24 bits per heavy atom. The zero-order valence-corrected chi connectivity index (χ0v) is 10.7. The first-order valence-electron chi connectivity index (χ1n) is 6.43. The standard InChI is InChI=1S/C14H22N2O/c1-10(2)16-9-11(5-4-8-15)14-12(16)6-3-7-13(14)17/h3,6-7,10-11,17H,4-5,8-9,15H2,1-2H3. The number of aromatic hydroxyl groups is 1. The van der Waals surface area contributed by atoms with Gasteiger partial charge in [0, 0.05) is 29.8 Å². The summed E-state index contributed by atoms with van der Waals surface area (Å²) in [5.41, 5.74) is 7.90. The summed E-state index contributed by atoms with van der Waals surface area (Å²) >= 11 is 0. The number of nitrogens with two attached hydrogens (primary N) is 1. The van der Waals surface area contributed by atoms with Crippen LogP contribution in [0.1, 0.15) is 38.2 Å². The Bertz CT molecular complexity index is 390. The number of rotatable bonds is 4. The van der Waals surface area contributed by atoms with Crippen LogP contribution in [0.3, 0.4) is 0 Å². The normalized spacial score (nSPS) is 18.8. The van der Waals surface area contributed by atoms with Gasteiger partial charge in [-0.15, -0.1) is 0 Å². The van der Waals surface area contributed by atoms with Crippen LogP contribution in [-0.2, 0) is 0 Å². The summed E-state index contributed by atoms with van der Waals surface area (Å²) in [7, 11) is 0. The maximum absolute atomic E-state index is 10.0. The van der Waals surface area contributed by atoms with E-state index in [1.54, 1.807) is 6.07 Å². The second kappa shape index (κ2) is 4.96. The van der Waals surface area contributed by atoms with E-state index < -0.39 is 0 Å². The quantitative estimate of drug-likeness (QED) is 0.841. The number of benzene rings is 1. The van der Waals surface area contributed by atoms with Crippen LogP contribution >= 0.6 is 0 Å². The minimum absolute atomic E-state index is 0.428. The van der Waals surface area contributed by atoms with E-state index in [4.69, 9.17) is 5.73 Å². The summed E-state index contributed by atoms with van der Waals surface area (Å²) in [6.07, 6.45) is 2.08. The van der Waals surface area contributed by atoms with Crippen LogP contribution in [0, 0.1) is 0 Å². The van der Waals surface area contributed by atoms with Gasteiger partial charge in [0.05, 0.1) is 0 Å². The molecule has 0 aliphatic carbocycles. The van der Waals surface area contributed by atoms with E-state index in [-0.39, 0.29) is 0 Å². The predicted molar refractivity (Wildman–Crippen MR) is 71.6 cm³/mol. The topological polar surface area (TPSA) is 49.5 Å². The number of phenolic OH excluding ortho intramolecular Hbond substituents is 1. The maximum Gasteiger partial charge on any atom is 0.121 e. The number of nitrogens with zero attached hydrogens (tertiary/aromatic N) is 1. The summed E-state index contributed by atoms with van der Waals surface area (Å²) < 4.78 is 0. The molecule has 1 unspecified atom stereocenters. The Kier molecular flexibility index (Phi) is 3.57. The molecule has 0 saturated carbocycles. The van der Waals surface area contributed by atoms with Crippen LogP contribution in [0.4, 0.5) is 5.69 Å².